The average Bonchev–Trinajstić information content (AvgIpc) is 2.79. The summed E-state index contributed by atoms with van der Waals surface area (Å²) in [4.78, 5) is 23.1. The number of para-hydroxylation sites is 1. The van der Waals surface area contributed by atoms with Crippen molar-refractivity contribution < 1.29 is 14.3 Å². The van der Waals surface area contributed by atoms with Crippen molar-refractivity contribution in [2.45, 2.75) is 20.0 Å². The predicted octanol–water partition coefficient (Wildman–Crippen LogP) is 4.78. The Bertz CT molecular complexity index is 916. The fraction of sp³-hybridized carbons (Fsp3) is 0.261. The molecule has 0 fully saturated rings. The first-order valence-corrected chi connectivity index (χ1v) is 10.4. The molecule has 0 saturated heterocycles. The molecule has 2 heterocycles. The Labute approximate surface area is 187 Å². The standard InChI is InChI=1S/C23H25ClN4O3/c1-2-30-13-14-31-22-20(24)6-3-7-21(22)27-23(29)28(16-18-8-11-25-12-9-18)17-19-5-4-10-26-15-19/h3-12,15H,2,13-14,16-17H2,1H3,(H,27,29). The van der Waals surface area contributed by atoms with E-state index in [1.54, 1.807) is 47.9 Å². The summed E-state index contributed by atoms with van der Waals surface area (Å²) in [7, 11) is 0. The number of hydrogen-bond acceptors (Lipinski definition) is 5. The van der Waals surface area contributed by atoms with Gasteiger partial charge in [0.15, 0.2) is 5.75 Å². The van der Waals surface area contributed by atoms with Crippen LogP contribution in [0.25, 0.3) is 0 Å². The highest BCUT2D eigenvalue weighted by Gasteiger charge is 2.18. The Hall–Kier alpha value is -3.16. The average molecular weight is 441 g/mol. The summed E-state index contributed by atoms with van der Waals surface area (Å²) in [6.07, 6.45) is 6.86. The minimum Gasteiger partial charge on any atom is -0.487 e. The second kappa shape index (κ2) is 11.9. The molecule has 0 bridgehead atoms. The number of nitrogens with one attached hydrogen (secondary N) is 1. The van der Waals surface area contributed by atoms with E-state index in [0.29, 0.717) is 49.4 Å². The zero-order valence-corrected chi connectivity index (χ0v) is 18.1. The van der Waals surface area contributed by atoms with E-state index in [2.05, 4.69) is 15.3 Å². The number of ether oxygens (including phenoxy) is 2. The third-order valence-electron chi connectivity index (χ3n) is 4.39. The molecule has 0 aliphatic rings. The predicted molar refractivity (Wildman–Crippen MR) is 120 cm³/mol. The van der Waals surface area contributed by atoms with Crippen molar-refractivity contribution in [3.05, 3.63) is 83.4 Å². The highest BCUT2D eigenvalue weighted by molar-refractivity contribution is 6.32. The van der Waals surface area contributed by atoms with E-state index in [1.165, 1.54) is 0 Å². The first kappa shape index (κ1) is 22.5. The maximum absolute atomic E-state index is 13.2. The summed E-state index contributed by atoms with van der Waals surface area (Å²) in [5, 5.41) is 3.35. The summed E-state index contributed by atoms with van der Waals surface area (Å²) in [5.74, 6) is 0.419. The van der Waals surface area contributed by atoms with Gasteiger partial charge in [0.1, 0.15) is 6.61 Å². The largest absolute Gasteiger partial charge is 0.487 e. The Morgan fingerprint density at radius 1 is 1.00 bits per heavy atom. The van der Waals surface area contributed by atoms with Crippen molar-refractivity contribution in [2.75, 3.05) is 25.1 Å². The lowest BCUT2D eigenvalue weighted by Crippen LogP contribution is -2.34. The Morgan fingerprint density at radius 3 is 2.55 bits per heavy atom. The number of hydrogen-bond donors (Lipinski definition) is 1. The van der Waals surface area contributed by atoms with Gasteiger partial charge in [0.2, 0.25) is 0 Å². The lowest BCUT2D eigenvalue weighted by molar-refractivity contribution is 0.110. The fourth-order valence-corrected chi connectivity index (χ4v) is 3.14. The van der Waals surface area contributed by atoms with Crippen molar-refractivity contribution in [1.29, 1.82) is 0 Å². The monoisotopic (exact) mass is 440 g/mol. The number of halogens is 1. The molecule has 0 radical (unpaired) electrons. The molecule has 8 heteroatoms. The molecule has 2 amide bonds. The molecule has 0 atom stereocenters. The molecular formula is C23H25ClN4O3. The van der Waals surface area contributed by atoms with Crippen molar-refractivity contribution in [2.24, 2.45) is 0 Å². The van der Waals surface area contributed by atoms with Crippen molar-refractivity contribution in [3.8, 4) is 5.75 Å². The van der Waals surface area contributed by atoms with E-state index in [9.17, 15) is 4.79 Å². The number of anilines is 1. The van der Waals surface area contributed by atoms with Gasteiger partial charge in [-0.1, -0.05) is 23.7 Å². The van der Waals surface area contributed by atoms with E-state index < -0.39 is 0 Å². The van der Waals surface area contributed by atoms with E-state index in [-0.39, 0.29) is 6.03 Å². The van der Waals surface area contributed by atoms with E-state index >= 15 is 0 Å². The molecule has 0 aliphatic heterocycles. The number of nitrogens with zero attached hydrogens (tertiary/aromatic N) is 3. The van der Waals surface area contributed by atoms with Gasteiger partial charge in [-0.25, -0.2) is 4.79 Å². The van der Waals surface area contributed by atoms with Gasteiger partial charge in [-0.15, -0.1) is 0 Å². The van der Waals surface area contributed by atoms with Gasteiger partial charge in [0, 0.05) is 44.5 Å². The van der Waals surface area contributed by atoms with E-state index in [1.807, 2.05) is 31.2 Å². The number of urea groups is 1. The molecule has 31 heavy (non-hydrogen) atoms. The highest BCUT2D eigenvalue weighted by atomic mass is 35.5. The number of benzene rings is 1. The highest BCUT2D eigenvalue weighted by Crippen LogP contribution is 2.33. The summed E-state index contributed by atoms with van der Waals surface area (Å²) in [6, 6.07) is 12.5. The normalized spacial score (nSPS) is 10.5. The second-order valence-electron chi connectivity index (χ2n) is 6.66. The van der Waals surface area contributed by atoms with Gasteiger partial charge in [-0.05, 0) is 48.4 Å². The number of aromatic nitrogens is 2. The molecule has 3 rings (SSSR count). The topological polar surface area (TPSA) is 76.6 Å². The SMILES string of the molecule is CCOCCOc1c(Cl)cccc1NC(=O)N(Cc1ccncc1)Cc1cccnc1. The lowest BCUT2D eigenvalue weighted by Gasteiger charge is -2.24. The van der Waals surface area contributed by atoms with Crippen LogP contribution in [0.4, 0.5) is 10.5 Å². The van der Waals surface area contributed by atoms with Crippen LogP contribution in [0.5, 0.6) is 5.75 Å². The molecule has 3 aromatic rings. The molecule has 1 N–H and O–H groups in total. The Kier molecular flexibility index (Phi) is 8.63. The van der Waals surface area contributed by atoms with E-state index in [0.717, 1.165) is 11.1 Å². The van der Waals surface area contributed by atoms with Crippen LogP contribution in [0.3, 0.4) is 0 Å². The van der Waals surface area contributed by atoms with Crippen LogP contribution < -0.4 is 10.1 Å². The molecule has 2 aromatic heterocycles. The van der Waals surface area contributed by atoms with Gasteiger partial charge in [-0.2, -0.15) is 0 Å². The summed E-state index contributed by atoms with van der Waals surface area (Å²) in [5.41, 5.74) is 2.39. The van der Waals surface area contributed by atoms with Crippen LogP contribution in [0.2, 0.25) is 5.02 Å². The maximum atomic E-state index is 13.2. The van der Waals surface area contributed by atoms with Gasteiger partial charge in [0.05, 0.1) is 17.3 Å². The van der Waals surface area contributed by atoms with E-state index in [4.69, 9.17) is 21.1 Å². The zero-order valence-electron chi connectivity index (χ0n) is 17.3. The molecule has 162 valence electrons. The van der Waals surface area contributed by atoms with Gasteiger partial charge in [-0.3, -0.25) is 9.97 Å². The molecular weight excluding hydrogens is 416 g/mol. The number of amides is 2. The third-order valence-corrected chi connectivity index (χ3v) is 4.69. The lowest BCUT2D eigenvalue weighted by atomic mass is 10.2. The van der Waals surface area contributed by atoms with Crippen molar-refractivity contribution in [1.82, 2.24) is 14.9 Å². The van der Waals surface area contributed by atoms with Gasteiger partial charge in [0.25, 0.3) is 0 Å². The molecule has 0 spiro atoms. The Balaban J connectivity index is 1.77. The van der Waals surface area contributed by atoms with Crippen LogP contribution in [0.15, 0.2) is 67.3 Å². The molecule has 0 aliphatic carbocycles. The van der Waals surface area contributed by atoms with Crippen molar-refractivity contribution >= 4 is 23.3 Å². The Morgan fingerprint density at radius 2 is 1.81 bits per heavy atom. The van der Waals surface area contributed by atoms with Crippen LogP contribution >= 0.6 is 11.6 Å². The third kappa shape index (κ3) is 6.94. The molecule has 1 aromatic carbocycles. The minimum atomic E-state index is -0.280. The van der Waals surface area contributed by atoms with Crippen LogP contribution in [-0.4, -0.2) is 40.7 Å². The van der Waals surface area contributed by atoms with Gasteiger partial charge >= 0.3 is 6.03 Å². The quantitative estimate of drug-likeness (QED) is 0.459. The second-order valence-corrected chi connectivity index (χ2v) is 7.07. The smallest absolute Gasteiger partial charge is 0.322 e. The maximum Gasteiger partial charge on any atom is 0.322 e. The molecule has 7 nitrogen and oxygen atoms in total. The van der Waals surface area contributed by atoms with Crippen LogP contribution in [0, 0.1) is 0 Å². The van der Waals surface area contributed by atoms with Crippen molar-refractivity contribution in [3.63, 3.8) is 0 Å². The summed E-state index contributed by atoms with van der Waals surface area (Å²) in [6.45, 7) is 4.09. The first-order chi connectivity index (χ1) is 15.2. The first-order valence-electron chi connectivity index (χ1n) is 10.00. The molecule has 0 saturated carbocycles. The number of rotatable bonds is 10. The van der Waals surface area contributed by atoms with Gasteiger partial charge < -0.3 is 19.7 Å². The summed E-state index contributed by atoms with van der Waals surface area (Å²) < 4.78 is 11.1. The molecule has 0 unspecified atom stereocenters. The van der Waals surface area contributed by atoms with Crippen LogP contribution in [-0.2, 0) is 17.8 Å². The fourth-order valence-electron chi connectivity index (χ4n) is 2.92. The van der Waals surface area contributed by atoms with Crippen LogP contribution in [0.1, 0.15) is 18.1 Å². The summed E-state index contributed by atoms with van der Waals surface area (Å²) >= 11 is 6.32. The minimum absolute atomic E-state index is 0.280. The number of carbonyl (C=O) groups is 1. The number of pyridine rings is 2. The zero-order chi connectivity index (χ0) is 21.9. The number of carbonyl (C=O) groups excluding carboxylic acids is 1.